The van der Waals surface area contributed by atoms with Gasteiger partial charge in [0, 0.05) is 38.0 Å². The number of hydrazone groups is 1. The lowest BCUT2D eigenvalue weighted by Gasteiger charge is -2.29. The maximum absolute atomic E-state index is 12.7. The number of esters is 2. The van der Waals surface area contributed by atoms with E-state index in [4.69, 9.17) is 14.2 Å². The second-order valence-electron chi connectivity index (χ2n) is 10.0. The Labute approximate surface area is 231 Å². The fraction of sp³-hybridized carbons (Fsp3) is 0.484. The molecule has 0 spiro atoms. The molecule has 0 bridgehead atoms. The number of amides is 1. The Bertz CT molecular complexity index is 1200. The van der Waals surface area contributed by atoms with Crippen LogP contribution in [0.1, 0.15) is 102 Å². The number of rotatable bonds is 13. The third-order valence-electron chi connectivity index (χ3n) is 6.52. The molecule has 0 saturated heterocycles. The van der Waals surface area contributed by atoms with Gasteiger partial charge >= 0.3 is 11.9 Å². The van der Waals surface area contributed by atoms with E-state index in [1.807, 2.05) is 31.2 Å². The van der Waals surface area contributed by atoms with Crippen LogP contribution in [0.3, 0.4) is 0 Å². The van der Waals surface area contributed by atoms with Gasteiger partial charge in [-0.1, -0.05) is 76.0 Å². The Morgan fingerprint density at radius 2 is 1.44 bits per heavy atom. The van der Waals surface area contributed by atoms with Crippen molar-refractivity contribution >= 4 is 29.4 Å². The van der Waals surface area contributed by atoms with Crippen molar-refractivity contribution in [2.75, 3.05) is 5.01 Å². The molecule has 0 N–H and O–H groups in total. The fourth-order valence-electron chi connectivity index (χ4n) is 4.57. The van der Waals surface area contributed by atoms with Gasteiger partial charge in [0.05, 0.1) is 0 Å². The minimum atomic E-state index is -0.577. The van der Waals surface area contributed by atoms with Crippen LogP contribution in [-0.2, 0) is 20.8 Å². The Morgan fingerprint density at radius 1 is 0.846 bits per heavy atom. The summed E-state index contributed by atoms with van der Waals surface area (Å²) in [6, 6.07) is 9.08. The average Bonchev–Trinajstić information content (AvgIpc) is 2.88. The molecule has 2 aromatic carbocycles. The lowest BCUT2D eigenvalue weighted by molar-refractivity contribution is -0.134. The molecule has 210 valence electrons. The van der Waals surface area contributed by atoms with Crippen molar-refractivity contribution in [3.63, 3.8) is 0 Å². The first-order valence-corrected chi connectivity index (χ1v) is 13.9. The van der Waals surface area contributed by atoms with Crippen LogP contribution in [0.15, 0.2) is 35.4 Å². The van der Waals surface area contributed by atoms with Crippen molar-refractivity contribution in [1.82, 2.24) is 0 Å². The molecule has 2 aromatic rings. The summed E-state index contributed by atoms with van der Waals surface area (Å²) in [6.45, 7) is 8.16. The van der Waals surface area contributed by atoms with Crippen molar-refractivity contribution in [2.24, 2.45) is 5.10 Å². The standard InChI is InChI=1S/C31H40N2O6/c1-6-7-8-9-10-11-12-13-14-15-26-29-27(20-28(37-23(4)35)30(26)38-24(5)36)33(22(3)34)32-31(39-29)25-18-16-21(2)17-19-25/h16-20H,6-15H2,1-5H3. The summed E-state index contributed by atoms with van der Waals surface area (Å²) in [6.07, 6.45) is 10.8. The molecular weight excluding hydrogens is 496 g/mol. The van der Waals surface area contributed by atoms with Gasteiger partial charge in [-0.05, 0) is 31.9 Å². The van der Waals surface area contributed by atoms with Crippen LogP contribution < -0.4 is 19.2 Å². The van der Waals surface area contributed by atoms with E-state index in [2.05, 4.69) is 12.0 Å². The molecule has 3 rings (SSSR count). The largest absolute Gasteiger partial charge is 0.434 e. The number of fused-ring (bicyclic) bond motifs is 1. The van der Waals surface area contributed by atoms with Gasteiger partial charge in [0.2, 0.25) is 11.8 Å². The molecule has 0 aliphatic carbocycles. The highest BCUT2D eigenvalue weighted by Gasteiger charge is 2.32. The summed E-state index contributed by atoms with van der Waals surface area (Å²) < 4.78 is 17.3. The fourth-order valence-corrected chi connectivity index (χ4v) is 4.57. The third-order valence-corrected chi connectivity index (χ3v) is 6.52. The summed E-state index contributed by atoms with van der Waals surface area (Å²) >= 11 is 0. The molecule has 1 amide bonds. The molecule has 0 fully saturated rings. The second-order valence-corrected chi connectivity index (χ2v) is 10.0. The number of carbonyl (C=O) groups excluding carboxylic acids is 3. The summed E-state index contributed by atoms with van der Waals surface area (Å²) in [5.41, 5.74) is 2.67. The SMILES string of the molecule is CCCCCCCCCCCc1c(OC(C)=O)c(OC(C)=O)cc2c1OC(c1ccc(C)cc1)=NN2C(C)=O. The van der Waals surface area contributed by atoms with Crippen LogP contribution in [-0.4, -0.2) is 23.7 Å². The number of carbonyl (C=O) groups is 3. The van der Waals surface area contributed by atoms with E-state index in [-0.39, 0.29) is 23.3 Å². The Balaban J connectivity index is 1.96. The number of aryl methyl sites for hydroxylation is 1. The molecule has 1 aliphatic heterocycles. The van der Waals surface area contributed by atoms with E-state index in [9.17, 15) is 14.4 Å². The zero-order valence-corrected chi connectivity index (χ0v) is 23.8. The zero-order chi connectivity index (χ0) is 28.4. The number of hydrogen-bond donors (Lipinski definition) is 0. The van der Waals surface area contributed by atoms with Gasteiger partial charge in [-0.25, -0.2) is 0 Å². The highest BCUT2D eigenvalue weighted by Crippen LogP contribution is 2.48. The molecule has 39 heavy (non-hydrogen) atoms. The lowest BCUT2D eigenvalue weighted by atomic mass is 10.0. The van der Waals surface area contributed by atoms with E-state index < -0.39 is 11.9 Å². The number of benzene rings is 2. The van der Waals surface area contributed by atoms with Gasteiger partial charge in [-0.2, -0.15) is 5.01 Å². The topological polar surface area (TPSA) is 94.5 Å². The summed E-state index contributed by atoms with van der Waals surface area (Å²) in [7, 11) is 0. The van der Waals surface area contributed by atoms with Crippen LogP contribution >= 0.6 is 0 Å². The van der Waals surface area contributed by atoms with Crippen LogP contribution in [0, 0.1) is 6.92 Å². The van der Waals surface area contributed by atoms with E-state index in [0.29, 0.717) is 29.0 Å². The number of anilines is 1. The Morgan fingerprint density at radius 3 is 2.00 bits per heavy atom. The second kappa shape index (κ2) is 14.5. The van der Waals surface area contributed by atoms with Crippen LogP contribution in [0.4, 0.5) is 5.69 Å². The maximum Gasteiger partial charge on any atom is 0.308 e. The molecule has 8 nitrogen and oxygen atoms in total. The summed E-state index contributed by atoms with van der Waals surface area (Å²) in [4.78, 5) is 36.7. The summed E-state index contributed by atoms with van der Waals surface area (Å²) in [5.74, 6) is -0.679. The highest BCUT2D eigenvalue weighted by atomic mass is 16.6. The minimum absolute atomic E-state index is 0.0474. The van der Waals surface area contributed by atoms with Gasteiger partial charge < -0.3 is 14.2 Å². The molecule has 0 radical (unpaired) electrons. The predicted molar refractivity (Wildman–Crippen MR) is 151 cm³/mol. The van der Waals surface area contributed by atoms with E-state index in [0.717, 1.165) is 24.8 Å². The van der Waals surface area contributed by atoms with Gasteiger partial charge in [0.15, 0.2) is 17.2 Å². The molecule has 0 saturated carbocycles. The molecule has 1 aliphatic rings. The average molecular weight is 537 g/mol. The van der Waals surface area contributed by atoms with Crippen molar-refractivity contribution in [2.45, 2.75) is 98.8 Å². The highest BCUT2D eigenvalue weighted by molar-refractivity contribution is 6.04. The van der Waals surface area contributed by atoms with Crippen molar-refractivity contribution < 1.29 is 28.6 Å². The van der Waals surface area contributed by atoms with Gasteiger partial charge in [-0.15, -0.1) is 5.10 Å². The van der Waals surface area contributed by atoms with Crippen molar-refractivity contribution in [3.05, 3.63) is 47.0 Å². The molecule has 0 unspecified atom stereocenters. The smallest absolute Gasteiger partial charge is 0.308 e. The van der Waals surface area contributed by atoms with Gasteiger partial charge in [0.25, 0.3) is 0 Å². The lowest BCUT2D eigenvalue weighted by Crippen LogP contribution is -2.31. The van der Waals surface area contributed by atoms with E-state index >= 15 is 0 Å². The molecular formula is C31H40N2O6. The van der Waals surface area contributed by atoms with Gasteiger partial charge in [0.1, 0.15) is 5.69 Å². The van der Waals surface area contributed by atoms with E-state index in [1.165, 1.54) is 70.4 Å². The molecule has 8 heteroatoms. The zero-order valence-electron chi connectivity index (χ0n) is 23.8. The van der Waals surface area contributed by atoms with Crippen LogP contribution in [0.25, 0.3) is 0 Å². The Hall–Kier alpha value is -3.68. The quantitative estimate of drug-likeness (QED) is 0.155. The minimum Gasteiger partial charge on any atom is -0.434 e. The number of ether oxygens (including phenoxy) is 3. The number of unbranched alkanes of at least 4 members (excludes halogenated alkanes) is 8. The summed E-state index contributed by atoms with van der Waals surface area (Å²) in [5, 5.41) is 5.69. The third kappa shape index (κ3) is 8.40. The first-order chi connectivity index (χ1) is 18.7. The predicted octanol–water partition coefficient (Wildman–Crippen LogP) is 7.03. The maximum atomic E-state index is 12.7. The number of hydrogen-bond acceptors (Lipinski definition) is 7. The first kappa shape index (κ1) is 29.9. The normalized spacial score (nSPS) is 12.3. The van der Waals surface area contributed by atoms with Crippen LogP contribution in [0.2, 0.25) is 0 Å². The van der Waals surface area contributed by atoms with Crippen molar-refractivity contribution in [1.29, 1.82) is 0 Å². The number of nitrogens with zero attached hydrogens (tertiary/aromatic N) is 2. The van der Waals surface area contributed by atoms with Crippen molar-refractivity contribution in [3.8, 4) is 17.2 Å². The van der Waals surface area contributed by atoms with Crippen LogP contribution in [0.5, 0.6) is 17.2 Å². The molecule has 1 heterocycles. The molecule has 0 aromatic heterocycles. The first-order valence-electron chi connectivity index (χ1n) is 13.9. The Kier molecular flexibility index (Phi) is 11.1. The molecule has 0 atom stereocenters. The monoisotopic (exact) mass is 536 g/mol. The van der Waals surface area contributed by atoms with E-state index in [1.54, 1.807) is 0 Å². The van der Waals surface area contributed by atoms with Gasteiger partial charge in [-0.3, -0.25) is 14.4 Å².